The largest absolute Gasteiger partial charge is 0.463 e. The molecule has 11 heteroatoms. The fourth-order valence-electron chi connectivity index (χ4n) is 2.28. The van der Waals surface area contributed by atoms with Gasteiger partial charge in [0.2, 0.25) is 5.78 Å². The van der Waals surface area contributed by atoms with Crippen LogP contribution in [0.4, 0.5) is 5.69 Å². The Morgan fingerprint density at radius 3 is 2.12 bits per heavy atom. The molecule has 0 N–H and O–H groups in total. The molecule has 0 fully saturated rings. The Kier molecular flexibility index (Phi) is 7.32. The Morgan fingerprint density at radius 2 is 1.69 bits per heavy atom. The number of Topliss-reactive ketones (excluding diaryl/α,β-unsaturated/α-hetero) is 1. The van der Waals surface area contributed by atoms with Crippen LogP contribution in [0.2, 0.25) is 0 Å². The molecule has 1 aromatic rings. The monoisotopic (exact) mass is 368 g/mol. The molecule has 0 spiro atoms. The number of ether oxygens (including phenoxy) is 2. The molecule has 0 saturated carbocycles. The molecule has 0 amide bonds. The van der Waals surface area contributed by atoms with Gasteiger partial charge in [0, 0.05) is 23.5 Å². The number of ketones is 1. The second-order valence-electron chi connectivity index (χ2n) is 5.06. The number of carbonyl (C=O) groups excluding carboxylic acids is 3. The topological polar surface area (TPSA) is 156 Å². The van der Waals surface area contributed by atoms with E-state index in [0.29, 0.717) is 0 Å². The van der Waals surface area contributed by atoms with E-state index in [2.05, 4.69) is 9.47 Å². The number of non-ortho nitro benzene ring substituents is 1. The summed E-state index contributed by atoms with van der Waals surface area (Å²) in [6.07, 6.45) is -0.699. The molecule has 0 aliphatic rings. The molecule has 0 bridgehead atoms. The lowest BCUT2D eigenvalue weighted by atomic mass is 9.87. The van der Waals surface area contributed by atoms with Gasteiger partial charge in [-0.05, 0) is 12.5 Å². The predicted octanol–water partition coefficient (Wildman–Crippen LogP) is 1.02. The van der Waals surface area contributed by atoms with Crippen molar-refractivity contribution in [1.29, 1.82) is 0 Å². The number of esters is 2. The van der Waals surface area contributed by atoms with Crippen molar-refractivity contribution in [3.8, 4) is 0 Å². The van der Waals surface area contributed by atoms with E-state index >= 15 is 0 Å². The van der Waals surface area contributed by atoms with Crippen LogP contribution in [-0.4, -0.2) is 47.3 Å². The second-order valence-corrected chi connectivity index (χ2v) is 5.06. The Balaban J connectivity index is 3.32. The van der Waals surface area contributed by atoms with Crippen molar-refractivity contribution in [3.05, 3.63) is 50.1 Å². The van der Waals surface area contributed by atoms with E-state index in [1.165, 1.54) is 19.1 Å². The number of nitrogens with zero attached hydrogens (tertiary/aromatic N) is 2. The minimum absolute atomic E-state index is 0.0996. The van der Waals surface area contributed by atoms with Crippen LogP contribution in [0.15, 0.2) is 24.3 Å². The fraction of sp³-hybridized carbons (Fsp3) is 0.400. The lowest BCUT2D eigenvalue weighted by Crippen LogP contribution is -2.39. The minimum Gasteiger partial charge on any atom is -0.463 e. The molecule has 2 atom stereocenters. The lowest BCUT2D eigenvalue weighted by Gasteiger charge is -2.19. The highest BCUT2D eigenvalue weighted by atomic mass is 16.6. The van der Waals surface area contributed by atoms with Gasteiger partial charge in [-0.2, -0.15) is 0 Å². The summed E-state index contributed by atoms with van der Waals surface area (Å²) in [6, 6.07) is 2.55. The molecule has 11 nitrogen and oxygen atoms in total. The zero-order valence-electron chi connectivity index (χ0n) is 13.9. The number of methoxy groups -OCH3 is 1. The summed E-state index contributed by atoms with van der Waals surface area (Å²) in [5.74, 6) is -4.84. The quantitative estimate of drug-likeness (QED) is 0.268. The molecule has 140 valence electrons. The van der Waals surface area contributed by atoms with Crippen LogP contribution in [0.1, 0.15) is 24.8 Å². The highest BCUT2D eigenvalue weighted by molar-refractivity contribution is 6.33. The van der Waals surface area contributed by atoms with Crippen LogP contribution in [0.5, 0.6) is 0 Å². The maximum absolute atomic E-state index is 12.0. The fourth-order valence-corrected chi connectivity index (χ4v) is 2.28. The van der Waals surface area contributed by atoms with Gasteiger partial charge in [-0.3, -0.25) is 25.0 Å². The third kappa shape index (κ3) is 5.06. The van der Waals surface area contributed by atoms with Gasteiger partial charge in [0.05, 0.1) is 24.6 Å². The van der Waals surface area contributed by atoms with Crippen molar-refractivity contribution in [2.24, 2.45) is 0 Å². The van der Waals surface area contributed by atoms with Gasteiger partial charge in [0.1, 0.15) is 0 Å². The lowest BCUT2D eigenvalue weighted by molar-refractivity contribution is -0.514. The number of hydrogen-bond donors (Lipinski definition) is 0. The number of rotatable bonds is 9. The van der Waals surface area contributed by atoms with E-state index in [1.54, 1.807) is 0 Å². The normalized spacial score (nSPS) is 12.5. The second kappa shape index (κ2) is 9.20. The Bertz CT molecular complexity index is 714. The van der Waals surface area contributed by atoms with E-state index in [1.807, 2.05) is 0 Å². The Hall–Kier alpha value is -3.37. The molecule has 1 unspecified atom stereocenters. The van der Waals surface area contributed by atoms with Gasteiger partial charge in [-0.1, -0.05) is 12.1 Å². The van der Waals surface area contributed by atoms with Crippen molar-refractivity contribution in [1.82, 2.24) is 0 Å². The van der Waals surface area contributed by atoms with Crippen molar-refractivity contribution in [3.63, 3.8) is 0 Å². The Labute approximate surface area is 147 Å². The Morgan fingerprint density at radius 1 is 1.12 bits per heavy atom. The number of benzene rings is 1. The summed E-state index contributed by atoms with van der Waals surface area (Å²) in [5.41, 5.74) is -0.178. The van der Waals surface area contributed by atoms with Crippen LogP contribution < -0.4 is 0 Å². The average Bonchev–Trinajstić information content (AvgIpc) is 2.60. The average molecular weight is 368 g/mol. The number of carbonyl (C=O) groups is 3. The van der Waals surface area contributed by atoms with Crippen LogP contribution >= 0.6 is 0 Å². The first kappa shape index (κ1) is 20.7. The van der Waals surface area contributed by atoms with Gasteiger partial charge in [-0.25, -0.2) is 9.59 Å². The summed E-state index contributed by atoms with van der Waals surface area (Å²) < 4.78 is 8.97. The zero-order valence-corrected chi connectivity index (χ0v) is 13.9. The van der Waals surface area contributed by atoms with E-state index < -0.39 is 45.9 Å². The molecular formula is C15H16N2O9. The van der Waals surface area contributed by atoms with Gasteiger partial charge < -0.3 is 9.47 Å². The number of hydrogen-bond acceptors (Lipinski definition) is 9. The molecule has 1 aromatic carbocycles. The maximum atomic E-state index is 12.0. The molecular weight excluding hydrogens is 352 g/mol. The van der Waals surface area contributed by atoms with E-state index in [0.717, 1.165) is 19.2 Å². The van der Waals surface area contributed by atoms with Crippen molar-refractivity contribution in [2.75, 3.05) is 13.7 Å². The molecule has 0 aromatic heterocycles. The third-order valence-electron chi connectivity index (χ3n) is 3.49. The first-order valence-corrected chi connectivity index (χ1v) is 7.38. The molecule has 0 saturated heterocycles. The van der Waals surface area contributed by atoms with Crippen LogP contribution in [0, 0.1) is 20.2 Å². The number of nitro groups is 2. The SMILES string of the molecule is CCOC(=O)C([C@H](CC(=O)C(=O)OC)c1ccc([N+](=O)[O-])cc1)[N+](=O)[O-]. The molecule has 0 heterocycles. The summed E-state index contributed by atoms with van der Waals surface area (Å²) in [7, 11) is 0.970. The predicted molar refractivity (Wildman–Crippen MR) is 84.9 cm³/mol. The van der Waals surface area contributed by atoms with Crippen LogP contribution in [0.3, 0.4) is 0 Å². The first-order chi connectivity index (χ1) is 12.2. The smallest absolute Gasteiger partial charge is 0.382 e. The van der Waals surface area contributed by atoms with Crippen molar-refractivity contribution < 1.29 is 33.7 Å². The standard InChI is InChI=1S/C15H16N2O9/c1-3-26-15(20)13(17(23)24)11(8-12(18)14(19)25-2)9-4-6-10(7-5-9)16(21)22/h4-7,11,13H,3,8H2,1-2H3/t11-,13?/m1/s1. The molecule has 1 rings (SSSR count). The maximum Gasteiger partial charge on any atom is 0.382 e. The van der Waals surface area contributed by atoms with E-state index in [9.17, 15) is 34.6 Å². The summed E-state index contributed by atoms with van der Waals surface area (Å²) >= 11 is 0. The van der Waals surface area contributed by atoms with Gasteiger partial charge in [0.15, 0.2) is 0 Å². The molecule has 0 radical (unpaired) electrons. The summed E-state index contributed by atoms with van der Waals surface area (Å²) in [6.45, 7) is 1.33. The third-order valence-corrected chi connectivity index (χ3v) is 3.49. The van der Waals surface area contributed by atoms with Crippen LogP contribution in [0.25, 0.3) is 0 Å². The van der Waals surface area contributed by atoms with Crippen molar-refractivity contribution >= 4 is 23.4 Å². The molecule has 0 aliphatic heterocycles. The van der Waals surface area contributed by atoms with Crippen molar-refractivity contribution in [2.45, 2.75) is 25.3 Å². The summed E-state index contributed by atoms with van der Waals surface area (Å²) in [4.78, 5) is 55.8. The van der Waals surface area contributed by atoms with E-state index in [4.69, 9.17) is 0 Å². The molecule has 26 heavy (non-hydrogen) atoms. The van der Waals surface area contributed by atoms with Gasteiger partial charge in [-0.15, -0.1) is 0 Å². The zero-order chi connectivity index (χ0) is 19.9. The highest BCUT2D eigenvalue weighted by Crippen LogP contribution is 2.28. The highest BCUT2D eigenvalue weighted by Gasteiger charge is 2.43. The molecule has 0 aliphatic carbocycles. The first-order valence-electron chi connectivity index (χ1n) is 7.38. The number of nitro benzene ring substituents is 1. The van der Waals surface area contributed by atoms with Crippen LogP contribution in [-0.2, 0) is 23.9 Å². The summed E-state index contributed by atoms with van der Waals surface area (Å²) in [5, 5.41) is 22.1. The minimum atomic E-state index is -1.97. The van der Waals surface area contributed by atoms with Gasteiger partial charge >= 0.3 is 18.0 Å². The van der Waals surface area contributed by atoms with E-state index in [-0.39, 0.29) is 17.9 Å². The van der Waals surface area contributed by atoms with Gasteiger partial charge in [0.25, 0.3) is 5.69 Å².